The Morgan fingerprint density at radius 1 is 1.37 bits per heavy atom. The Bertz CT molecular complexity index is 872. The van der Waals surface area contributed by atoms with E-state index in [2.05, 4.69) is 11.6 Å². The van der Waals surface area contributed by atoms with Crippen LogP contribution in [-0.4, -0.2) is 46.4 Å². The van der Waals surface area contributed by atoms with Crippen LogP contribution in [0.25, 0.3) is 11.3 Å². The van der Waals surface area contributed by atoms with Gasteiger partial charge in [0, 0.05) is 42.8 Å². The van der Waals surface area contributed by atoms with E-state index in [0.29, 0.717) is 34.8 Å². The average Bonchev–Trinajstić information content (AvgIpc) is 3.29. The SMILES string of the molecule is C=CCN(C(=O)CCN1CCSC1=O)c1nc(-c2ccc(Cl)c(Cl)c2)cs1. The summed E-state index contributed by atoms with van der Waals surface area (Å²) in [6.07, 6.45) is 1.91. The van der Waals surface area contributed by atoms with Gasteiger partial charge in [0.1, 0.15) is 0 Å². The zero-order chi connectivity index (χ0) is 19.4. The van der Waals surface area contributed by atoms with E-state index in [4.69, 9.17) is 23.2 Å². The van der Waals surface area contributed by atoms with Crippen molar-refractivity contribution in [1.82, 2.24) is 9.88 Å². The Morgan fingerprint density at radius 2 is 2.19 bits per heavy atom. The maximum atomic E-state index is 12.7. The predicted molar refractivity (Wildman–Crippen MR) is 114 cm³/mol. The molecule has 1 fully saturated rings. The lowest BCUT2D eigenvalue weighted by atomic mass is 10.2. The molecule has 0 radical (unpaired) electrons. The Balaban J connectivity index is 1.73. The van der Waals surface area contributed by atoms with Crippen molar-refractivity contribution < 1.29 is 9.59 Å². The summed E-state index contributed by atoms with van der Waals surface area (Å²) in [5.74, 6) is 0.692. The summed E-state index contributed by atoms with van der Waals surface area (Å²) in [5, 5.41) is 3.43. The van der Waals surface area contributed by atoms with Crippen LogP contribution in [0.3, 0.4) is 0 Å². The molecule has 3 rings (SSSR count). The van der Waals surface area contributed by atoms with Gasteiger partial charge >= 0.3 is 0 Å². The van der Waals surface area contributed by atoms with Crippen LogP contribution in [0.2, 0.25) is 10.0 Å². The van der Waals surface area contributed by atoms with Gasteiger partial charge in [-0.3, -0.25) is 14.5 Å². The van der Waals surface area contributed by atoms with Crippen molar-refractivity contribution in [1.29, 1.82) is 0 Å². The van der Waals surface area contributed by atoms with E-state index in [1.165, 1.54) is 23.1 Å². The molecular weight excluding hydrogens is 425 g/mol. The molecule has 1 saturated heterocycles. The third-order valence-electron chi connectivity index (χ3n) is 3.99. The molecule has 2 amide bonds. The highest BCUT2D eigenvalue weighted by molar-refractivity contribution is 8.13. The Hall–Kier alpha value is -1.54. The minimum absolute atomic E-state index is 0.0363. The molecule has 0 atom stereocenters. The van der Waals surface area contributed by atoms with Gasteiger partial charge in [-0.15, -0.1) is 17.9 Å². The quantitative estimate of drug-likeness (QED) is 0.554. The topological polar surface area (TPSA) is 53.5 Å². The van der Waals surface area contributed by atoms with Crippen molar-refractivity contribution >= 4 is 62.6 Å². The number of carbonyl (C=O) groups excluding carboxylic acids is 2. The number of amides is 2. The second-order valence-electron chi connectivity index (χ2n) is 5.79. The second kappa shape index (κ2) is 9.10. The first-order valence-corrected chi connectivity index (χ1v) is 10.9. The highest BCUT2D eigenvalue weighted by Gasteiger charge is 2.24. The standard InChI is InChI=1S/C18H17Cl2N3O2S2/c1-2-6-23(16(24)5-7-22-8-9-26-18(22)25)17-21-15(11-27-17)12-3-4-13(19)14(20)10-12/h2-4,10-11H,1,5-9H2. The molecule has 142 valence electrons. The molecule has 0 spiro atoms. The van der Waals surface area contributed by atoms with Gasteiger partial charge in [-0.05, 0) is 12.1 Å². The molecule has 1 aliphatic rings. The smallest absolute Gasteiger partial charge is 0.281 e. The van der Waals surface area contributed by atoms with Crippen molar-refractivity contribution in [2.45, 2.75) is 6.42 Å². The first kappa shape index (κ1) is 20.2. The molecular formula is C18H17Cl2N3O2S2. The van der Waals surface area contributed by atoms with Gasteiger partial charge in [0.25, 0.3) is 5.24 Å². The van der Waals surface area contributed by atoms with Gasteiger partial charge in [-0.2, -0.15) is 0 Å². The zero-order valence-corrected chi connectivity index (χ0v) is 17.5. The minimum Gasteiger partial charge on any atom is -0.332 e. The van der Waals surface area contributed by atoms with Crippen molar-refractivity contribution in [2.24, 2.45) is 0 Å². The van der Waals surface area contributed by atoms with Gasteiger partial charge in [-0.1, -0.05) is 47.1 Å². The number of thioether (sulfide) groups is 1. The fourth-order valence-electron chi connectivity index (χ4n) is 2.59. The Morgan fingerprint density at radius 3 is 2.85 bits per heavy atom. The first-order chi connectivity index (χ1) is 13.0. The molecule has 1 aromatic carbocycles. The van der Waals surface area contributed by atoms with Crippen LogP contribution in [0.15, 0.2) is 36.2 Å². The van der Waals surface area contributed by atoms with Gasteiger partial charge in [-0.25, -0.2) is 4.98 Å². The summed E-state index contributed by atoms with van der Waals surface area (Å²) in [6, 6.07) is 5.30. The van der Waals surface area contributed by atoms with E-state index < -0.39 is 0 Å². The molecule has 2 heterocycles. The monoisotopic (exact) mass is 441 g/mol. The zero-order valence-electron chi connectivity index (χ0n) is 14.4. The molecule has 1 aliphatic heterocycles. The number of rotatable bonds is 7. The van der Waals surface area contributed by atoms with Crippen LogP contribution in [0.5, 0.6) is 0 Å². The summed E-state index contributed by atoms with van der Waals surface area (Å²) in [4.78, 5) is 32.3. The van der Waals surface area contributed by atoms with Gasteiger partial charge in [0.05, 0.1) is 15.7 Å². The number of halogens is 2. The summed E-state index contributed by atoms with van der Waals surface area (Å²) in [7, 11) is 0. The molecule has 5 nitrogen and oxygen atoms in total. The molecule has 0 unspecified atom stereocenters. The lowest BCUT2D eigenvalue weighted by molar-refractivity contribution is -0.118. The number of hydrogen-bond donors (Lipinski definition) is 0. The second-order valence-corrected chi connectivity index (χ2v) is 8.49. The first-order valence-electron chi connectivity index (χ1n) is 8.23. The molecule has 0 bridgehead atoms. The highest BCUT2D eigenvalue weighted by Crippen LogP contribution is 2.32. The average molecular weight is 442 g/mol. The lowest BCUT2D eigenvalue weighted by Gasteiger charge is -2.20. The van der Waals surface area contributed by atoms with Crippen LogP contribution < -0.4 is 4.90 Å². The lowest BCUT2D eigenvalue weighted by Crippen LogP contribution is -2.34. The number of thiazole rings is 1. The number of nitrogens with zero attached hydrogens (tertiary/aromatic N) is 3. The summed E-state index contributed by atoms with van der Waals surface area (Å²) >= 11 is 14.7. The minimum atomic E-state index is -0.0883. The molecule has 27 heavy (non-hydrogen) atoms. The van der Waals surface area contributed by atoms with Gasteiger partial charge in [0.15, 0.2) is 5.13 Å². The third-order valence-corrected chi connectivity index (χ3v) is 6.49. The van der Waals surface area contributed by atoms with E-state index in [0.717, 1.165) is 17.0 Å². The fraction of sp³-hybridized carbons (Fsp3) is 0.278. The molecule has 0 N–H and O–H groups in total. The molecule has 0 saturated carbocycles. The van der Waals surface area contributed by atoms with Crippen LogP contribution in [0, 0.1) is 0 Å². The predicted octanol–water partition coefficient (Wildman–Crippen LogP) is 5.19. The van der Waals surface area contributed by atoms with Crippen LogP contribution in [0.4, 0.5) is 9.93 Å². The van der Waals surface area contributed by atoms with E-state index in [1.807, 2.05) is 11.4 Å². The Kier molecular flexibility index (Phi) is 6.81. The van der Waals surface area contributed by atoms with Crippen molar-refractivity contribution in [2.75, 3.05) is 30.3 Å². The van der Waals surface area contributed by atoms with Crippen LogP contribution >= 0.6 is 46.3 Å². The number of aromatic nitrogens is 1. The number of anilines is 1. The molecule has 2 aromatic rings. The normalized spacial score (nSPS) is 13.9. The van der Waals surface area contributed by atoms with Gasteiger partial charge in [0.2, 0.25) is 5.91 Å². The van der Waals surface area contributed by atoms with E-state index in [-0.39, 0.29) is 17.6 Å². The molecule has 9 heteroatoms. The summed E-state index contributed by atoms with van der Waals surface area (Å²) < 4.78 is 0. The van der Waals surface area contributed by atoms with E-state index in [1.54, 1.807) is 28.0 Å². The number of benzene rings is 1. The summed E-state index contributed by atoms with van der Waals surface area (Å²) in [6.45, 7) is 5.20. The van der Waals surface area contributed by atoms with Gasteiger partial charge < -0.3 is 4.90 Å². The van der Waals surface area contributed by atoms with Crippen molar-refractivity contribution in [3.05, 3.63) is 46.3 Å². The number of hydrogen-bond acceptors (Lipinski definition) is 5. The maximum absolute atomic E-state index is 12.7. The molecule has 0 aliphatic carbocycles. The van der Waals surface area contributed by atoms with E-state index in [9.17, 15) is 9.59 Å². The Labute approximate surface area is 176 Å². The van der Waals surface area contributed by atoms with Crippen molar-refractivity contribution in [3.63, 3.8) is 0 Å². The van der Waals surface area contributed by atoms with Crippen LogP contribution in [0.1, 0.15) is 6.42 Å². The van der Waals surface area contributed by atoms with E-state index >= 15 is 0 Å². The number of carbonyl (C=O) groups is 2. The van der Waals surface area contributed by atoms with Crippen LogP contribution in [-0.2, 0) is 4.79 Å². The maximum Gasteiger partial charge on any atom is 0.281 e. The fourth-order valence-corrected chi connectivity index (χ4v) is 4.60. The highest BCUT2D eigenvalue weighted by atomic mass is 35.5. The molecule has 1 aromatic heterocycles. The van der Waals surface area contributed by atoms with Crippen molar-refractivity contribution in [3.8, 4) is 11.3 Å². The largest absolute Gasteiger partial charge is 0.332 e. The third kappa shape index (κ3) is 4.85. The summed E-state index contributed by atoms with van der Waals surface area (Å²) in [5.41, 5.74) is 1.55.